The van der Waals surface area contributed by atoms with E-state index in [9.17, 15) is 0 Å². The zero-order chi connectivity index (χ0) is 14.9. The van der Waals surface area contributed by atoms with Crippen LogP contribution in [0.5, 0.6) is 11.5 Å². The van der Waals surface area contributed by atoms with E-state index in [4.69, 9.17) is 14.0 Å². The number of aromatic nitrogens is 2. The van der Waals surface area contributed by atoms with Gasteiger partial charge in [-0.05, 0) is 19.2 Å². The van der Waals surface area contributed by atoms with Crippen LogP contribution in [0.4, 0.5) is 0 Å². The van der Waals surface area contributed by atoms with Crippen molar-refractivity contribution in [3.63, 3.8) is 0 Å². The monoisotopic (exact) mass is 302 g/mol. The Kier molecular flexibility index (Phi) is 3.44. The first-order valence-electron chi connectivity index (χ1n) is 7.44. The van der Waals surface area contributed by atoms with Gasteiger partial charge in [-0.1, -0.05) is 17.3 Å². The van der Waals surface area contributed by atoms with Crippen LogP contribution < -0.4 is 14.8 Å². The van der Waals surface area contributed by atoms with Crippen LogP contribution in [0.2, 0.25) is 0 Å². The largest absolute Gasteiger partial charge is 0.485 e. The number of likely N-dealkylation sites (N-methyl/N-ethyl adjacent to an activating group) is 1. The summed E-state index contributed by atoms with van der Waals surface area (Å²) in [6.45, 7) is 3.14. The Hall–Kier alpha value is -2.12. The molecule has 1 saturated heterocycles. The molecule has 1 aromatic heterocycles. The Morgan fingerprint density at radius 2 is 2.14 bits per heavy atom. The number of hydrogen-bond donors (Lipinski definition) is 1. The van der Waals surface area contributed by atoms with E-state index in [2.05, 4.69) is 27.4 Å². The van der Waals surface area contributed by atoms with Gasteiger partial charge in [0, 0.05) is 19.6 Å². The van der Waals surface area contributed by atoms with Crippen molar-refractivity contribution in [1.82, 2.24) is 20.4 Å². The van der Waals surface area contributed by atoms with E-state index < -0.39 is 0 Å². The molecule has 2 aliphatic rings. The van der Waals surface area contributed by atoms with E-state index in [1.807, 2.05) is 24.3 Å². The molecule has 7 heteroatoms. The number of ether oxygens (including phenoxy) is 2. The van der Waals surface area contributed by atoms with Crippen LogP contribution in [0.1, 0.15) is 23.9 Å². The third-order valence-electron chi connectivity index (χ3n) is 4.05. The van der Waals surface area contributed by atoms with Gasteiger partial charge in [0.25, 0.3) is 5.89 Å². The molecule has 0 bridgehead atoms. The van der Waals surface area contributed by atoms with Crippen molar-refractivity contribution in [2.75, 3.05) is 33.3 Å². The van der Waals surface area contributed by atoms with E-state index in [-0.39, 0.29) is 12.1 Å². The summed E-state index contributed by atoms with van der Waals surface area (Å²) in [6.07, 6.45) is -0.363. The van der Waals surface area contributed by atoms with Crippen LogP contribution in [0.3, 0.4) is 0 Å². The average Bonchev–Trinajstić information content (AvgIpc) is 3.04. The zero-order valence-corrected chi connectivity index (χ0v) is 12.4. The highest BCUT2D eigenvalue weighted by molar-refractivity contribution is 5.40. The summed E-state index contributed by atoms with van der Waals surface area (Å²) in [5.41, 5.74) is 0. The number of piperazine rings is 1. The average molecular weight is 302 g/mol. The van der Waals surface area contributed by atoms with Crippen LogP contribution in [0.25, 0.3) is 0 Å². The molecular weight excluding hydrogens is 284 g/mol. The highest BCUT2D eigenvalue weighted by atomic mass is 16.6. The van der Waals surface area contributed by atoms with Crippen LogP contribution in [-0.4, -0.2) is 48.3 Å². The molecule has 7 nitrogen and oxygen atoms in total. The van der Waals surface area contributed by atoms with Crippen LogP contribution >= 0.6 is 0 Å². The van der Waals surface area contributed by atoms with E-state index in [0.717, 1.165) is 25.4 Å². The summed E-state index contributed by atoms with van der Waals surface area (Å²) in [4.78, 5) is 6.74. The summed E-state index contributed by atoms with van der Waals surface area (Å²) in [7, 11) is 2.07. The third kappa shape index (κ3) is 2.42. The van der Waals surface area contributed by atoms with Crippen LogP contribution in [0, 0.1) is 0 Å². The normalized spacial score (nSPS) is 25.1. The first-order valence-corrected chi connectivity index (χ1v) is 7.44. The molecule has 0 spiro atoms. The molecule has 1 fully saturated rings. The molecule has 2 atom stereocenters. The van der Waals surface area contributed by atoms with Gasteiger partial charge in [-0.3, -0.25) is 4.90 Å². The molecule has 0 amide bonds. The summed E-state index contributed by atoms with van der Waals surface area (Å²) < 4.78 is 17.0. The number of fused-ring (bicyclic) bond motifs is 1. The molecular formula is C15H18N4O3. The van der Waals surface area contributed by atoms with E-state index >= 15 is 0 Å². The maximum Gasteiger partial charge on any atom is 0.271 e. The Balaban J connectivity index is 1.52. The Morgan fingerprint density at radius 3 is 3.00 bits per heavy atom. The predicted molar refractivity (Wildman–Crippen MR) is 77.8 cm³/mol. The van der Waals surface area contributed by atoms with Crippen molar-refractivity contribution >= 4 is 0 Å². The lowest BCUT2D eigenvalue weighted by Crippen LogP contribution is -2.44. The smallest absolute Gasteiger partial charge is 0.271 e. The molecule has 2 aromatic rings. The number of hydrogen-bond acceptors (Lipinski definition) is 7. The van der Waals surface area contributed by atoms with Crippen LogP contribution in [-0.2, 0) is 0 Å². The summed E-state index contributed by atoms with van der Waals surface area (Å²) in [5, 5.41) is 7.46. The standard InChI is InChI=1S/C15H18N4O3/c1-19-7-6-16-8-10(19)14-17-15(22-18-14)13-9-20-11-4-2-3-5-12(11)21-13/h2-5,10,13,16H,6-9H2,1H3. The molecule has 1 N–H and O–H groups in total. The van der Waals surface area contributed by atoms with Crippen molar-refractivity contribution in [2.24, 2.45) is 0 Å². The van der Waals surface area contributed by atoms with Gasteiger partial charge in [0.1, 0.15) is 6.61 Å². The Bertz CT molecular complexity index is 660. The molecule has 0 aliphatic carbocycles. The van der Waals surface area contributed by atoms with Crippen LogP contribution in [0.15, 0.2) is 28.8 Å². The number of nitrogens with zero attached hydrogens (tertiary/aromatic N) is 3. The fraction of sp³-hybridized carbons (Fsp3) is 0.467. The molecule has 0 saturated carbocycles. The lowest BCUT2D eigenvalue weighted by Gasteiger charge is -2.30. The van der Waals surface area contributed by atoms with Gasteiger partial charge < -0.3 is 19.3 Å². The summed E-state index contributed by atoms with van der Waals surface area (Å²) >= 11 is 0. The van der Waals surface area contributed by atoms with Crippen molar-refractivity contribution in [3.8, 4) is 11.5 Å². The fourth-order valence-electron chi connectivity index (χ4n) is 2.75. The van der Waals surface area contributed by atoms with Gasteiger partial charge in [0.05, 0.1) is 6.04 Å². The minimum atomic E-state index is -0.363. The van der Waals surface area contributed by atoms with Gasteiger partial charge >= 0.3 is 0 Å². The van der Waals surface area contributed by atoms with Crippen molar-refractivity contribution in [3.05, 3.63) is 36.0 Å². The number of nitrogens with one attached hydrogen (secondary N) is 1. The zero-order valence-electron chi connectivity index (χ0n) is 12.4. The maximum atomic E-state index is 5.89. The van der Waals surface area contributed by atoms with Gasteiger partial charge in [0.2, 0.25) is 6.10 Å². The highest BCUT2D eigenvalue weighted by Gasteiger charge is 2.30. The molecule has 22 heavy (non-hydrogen) atoms. The number of benzene rings is 1. The predicted octanol–water partition coefficient (Wildman–Crippen LogP) is 1.16. The number of rotatable bonds is 2. The molecule has 116 valence electrons. The maximum absolute atomic E-state index is 5.89. The second-order valence-corrected chi connectivity index (χ2v) is 5.56. The van der Waals surface area contributed by atoms with Gasteiger partial charge in [0.15, 0.2) is 17.3 Å². The first-order chi connectivity index (χ1) is 10.8. The lowest BCUT2D eigenvalue weighted by molar-refractivity contribution is 0.0665. The van der Waals surface area contributed by atoms with Crippen molar-refractivity contribution in [2.45, 2.75) is 12.1 Å². The second kappa shape index (κ2) is 5.58. The SMILES string of the molecule is CN1CCNCC1c1noc(C2COc3ccccc3O2)n1. The topological polar surface area (TPSA) is 72.7 Å². The molecule has 3 heterocycles. The van der Waals surface area contributed by atoms with E-state index in [0.29, 0.717) is 24.1 Å². The van der Waals surface area contributed by atoms with E-state index in [1.54, 1.807) is 0 Å². The Labute approximate surface area is 128 Å². The molecule has 2 unspecified atom stereocenters. The van der Waals surface area contributed by atoms with Gasteiger partial charge in [-0.2, -0.15) is 4.98 Å². The van der Waals surface area contributed by atoms with Gasteiger partial charge in [-0.15, -0.1) is 0 Å². The van der Waals surface area contributed by atoms with E-state index in [1.165, 1.54) is 0 Å². The third-order valence-corrected chi connectivity index (χ3v) is 4.05. The quantitative estimate of drug-likeness (QED) is 0.892. The fourth-order valence-corrected chi connectivity index (χ4v) is 2.75. The summed E-state index contributed by atoms with van der Waals surface area (Å²) in [5.74, 6) is 2.60. The second-order valence-electron chi connectivity index (χ2n) is 5.56. The lowest BCUT2D eigenvalue weighted by atomic mass is 10.2. The number of para-hydroxylation sites is 2. The molecule has 4 rings (SSSR count). The highest BCUT2D eigenvalue weighted by Crippen LogP contribution is 2.35. The van der Waals surface area contributed by atoms with Crippen molar-refractivity contribution in [1.29, 1.82) is 0 Å². The summed E-state index contributed by atoms with van der Waals surface area (Å²) in [6, 6.07) is 7.71. The minimum absolute atomic E-state index is 0.128. The van der Waals surface area contributed by atoms with Crippen molar-refractivity contribution < 1.29 is 14.0 Å². The molecule has 0 radical (unpaired) electrons. The Morgan fingerprint density at radius 1 is 1.27 bits per heavy atom. The molecule has 1 aromatic carbocycles. The van der Waals surface area contributed by atoms with Gasteiger partial charge in [-0.25, -0.2) is 0 Å². The first kappa shape index (κ1) is 13.5. The molecule has 2 aliphatic heterocycles. The minimum Gasteiger partial charge on any atom is -0.485 e.